The van der Waals surface area contributed by atoms with Crippen molar-refractivity contribution in [2.75, 3.05) is 19.8 Å². The summed E-state index contributed by atoms with van der Waals surface area (Å²) in [5.74, 6) is -0.598. The van der Waals surface area contributed by atoms with Gasteiger partial charge in [0.2, 0.25) is 0 Å². The number of hydrogen-bond acceptors (Lipinski definition) is 9. The average molecular weight is 555 g/mol. The van der Waals surface area contributed by atoms with E-state index in [1.165, 1.54) is 10.8 Å². The molecular weight excluding hydrogens is 514 g/mol. The van der Waals surface area contributed by atoms with Crippen LogP contribution in [-0.4, -0.2) is 57.5 Å². The third kappa shape index (κ3) is 9.42. The minimum Gasteiger partial charge on any atom is -0.373 e. The SMILES string of the molecule is CCCCOP(O)OC[C@H]1C(C)OC(C)[C@@H](n2cc(C)c(=O)[nH]c2=O)C[C@H]1OP(=O)(O)OCCCC. The maximum atomic E-state index is 12.8. The largest absolute Gasteiger partial charge is 0.472 e. The minimum absolute atomic E-state index is 0.0514. The molecule has 2 rings (SSSR count). The molecule has 36 heavy (non-hydrogen) atoms. The van der Waals surface area contributed by atoms with E-state index in [-0.39, 0.29) is 19.6 Å². The molecule has 12 nitrogen and oxygen atoms in total. The molecule has 0 saturated carbocycles. The predicted molar refractivity (Wildman–Crippen MR) is 135 cm³/mol. The van der Waals surface area contributed by atoms with Gasteiger partial charge < -0.3 is 23.6 Å². The number of nitrogens with zero attached hydrogens (tertiary/aromatic N) is 1. The zero-order valence-electron chi connectivity index (χ0n) is 21.6. The van der Waals surface area contributed by atoms with E-state index in [1.54, 1.807) is 20.8 Å². The van der Waals surface area contributed by atoms with Crippen molar-refractivity contribution in [2.24, 2.45) is 5.92 Å². The first-order valence-corrected chi connectivity index (χ1v) is 15.0. The predicted octanol–water partition coefficient (Wildman–Crippen LogP) is 3.55. The molecule has 0 aromatic carbocycles. The highest BCUT2D eigenvalue weighted by Gasteiger charge is 2.42. The molecule has 3 N–H and O–H groups in total. The molecule has 1 saturated heterocycles. The number of nitrogens with one attached hydrogen (secondary N) is 1. The lowest BCUT2D eigenvalue weighted by Crippen LogP contribution is -2.38. The van der Waals surface area contributed by atoms with Gasteiger partial charge in [-0.1, -0.05) is 26.7 Å². The lowest BCUT2D eigenvalue weighted by molar-refractivity contribution is -0.0534. The highest BCUT2D eigenvalue weighted by atomic mass is 31.2. The molecule has 0 amide bonds. The molecule has 0 spiro atoms. The Morgan fingerprint density at radius 1 is 1.17 bits per heavy atom. The van der Waals surface area contributed by atoms with Gasteiger partial charge in [0.05, 0.1) is 44.2 Å². The van der Waals surface area contributed by atoms with Gasteiger partial charge in [0.1, 0.15) is 0 Å². The van der Waals surface area contributed by atoms with Crippen LogP contribution in [0.15, 0.2) is 15.8 Å². The van der Waals surface area contributed by atoms with Crippen molar-refractivity contribution in [3.8, 4) is 0 Å². The number of phosphoric acid groups is 1. The normalized spacial score (nSPS) is 27.4. The van der Waals surface area contributed by atoms with E-state index in [4.69, 9.17) is 22.8 Å². The van der Waals surface area contributed by atoms with Crippen LogP contribution in [0.5, 0.6) is 0 Å². The summed E-state index contributed by atoms with van der Waals surface area (Å²) in [7, 11) is -6.61. The quantitative estimate of drug-likeness (QED) is 0.229. The lowest BCUT2D eigenvalue weighted by atomic mass is 9.93. The number of aromatic nitrogens is 2. The summed E-state index contributed by atoms with van der Waals surface area (Å²) in [6, 6.07) is -0.627. The molecule has 1 fully saturated rings. The van der Waals surface area contributed by atoms with Crippen molar-refractivity contribution < 1.29 is 37.2 Å². The van der Waals surface area contributed by atoms with Crippen molar-refractivity contribution in [2.45, 2.75) is 91.1 Å². The van der Waals surface area contributed by atoms with Crippen LogP contribution < -0.4 is 11.2 Å². The summed E-state index contributed by atoms with van der Waals surface area (Å²) in [5, 5.41) is 0. The van der Waals surface area contributed by atoms with Gasteiger partial charge in [0.15, 0.2) is 0 Å². The van der Waals surface area contributed by atoms with Crippen molar-refractivity contribution in [1.29, 1.82) is 0 Å². The first-order valence-electron chi connectivity index (χ1n) is 12.4. The van der Waals surface area contributed by atoms with Gasteiger partial charge in [0, 0.05) is 17.7 Å². The van der Waals surface area contributed by atoms with Crippen molar-refractivity contribution in [3.05, 3.63) is 32.6 Å². The number of phosphoric ester groups is 1. The summed E-state index contributed by atoms with van der Waals surface area (Å²) in [6.07, 6.45) is 2.56. The summed E-state index contributed by atoms with van der Waals surface area (Å²) >= 11 is 0. The van der Waals surface area contributed by atoms with Gasteiger partial charge in [-0.2, -0.15) is 0 Å². The second kappa shape index (κ2) is 14.9. The molecule has 208 valence electrons. The number of unbranched alkanes of at least 4 members (excludes halogenated alkanes) is 2. The Balaban J connectivity index is 2.33. The number of hydrogen-bond donors (Lipinski definition) is 3. The molecule has 1 aliphatic heterocycles. The molecular formula is C22H40N2O10P2. The van der Waals surface area contributed by atoms with Crippen LogP contribution in [0, 0.1) is 12.8 Å². The fourth-order valence-corrected chi connectivity index (χ4v) is 5.64. The summed E-state index contributed by atoms with van der Waals surface area (Å²) in [6.45, 7) is 9.37. The average Bonchev–Trinajstić information content (AvgIpc) is 2.90. The van der Waals surface area contributed by atoms with E-state index in [0.717, 1.165) is 19.3 Å². The van der Waals surface area contributed by atoms with E-state index in [0.29, 0.717) is 18.6 Å². The van der Waals surface area contributed by atoms with E-state index >= 15 is 0 Å². The third-order valence-electron chi connectivity index (χ3n) is 6.13. The Bertz CT molecular complexity index is 971. The topological polar surface area (TPSA) is 159 Å². The molecule has 1 aliphatic rings. The van der Waals surface area contributed by atoms with E-state index < -0.39 is 57.9 Å². The Kier molecular flexibility index (Phi) is 12.9. The third-order valence-corrected chi connectivity index (χ3v) is 7.95. The standard InChI is InChI=1S/C22H40N2O10P2/c1-6-8-10-30-35(27)31-14-18-16(4)33-17(5)19(24-13-15(3)21(25)23-22(24)26)12-20(18)34-36(28,29)32-11-9-7-2/h13,16-20,27H,6-12,14H2,1-5H3,(H,28,29)(H,23,25,26)/t16?,17?,18-,19-,20+,35?/m0/s1. The van der Waals surface area contributed by atoms with Crippen LogP contribution in [0.25, 0.3) is 0 Å². The maximum Gasteiger partial charge on any atom is 0.472 e. The van der Waals surface area contributed by atoms with Gasteiger partial charge in [-0.05, 0) is 40.0 Å². The van der Waals surface area contributed by atoms with Gasteiger partial charge >= 0.3 is 22.1 Å². The number of aromatic amines is 1. The van der Waals surface area contributed by atoms with Gasteiger partial charge in [-0.15, -0.1) is 0 Å². The van der Waals surface area contributed by atoms with Crippen LogP contribution in [0.2, 0.25) is 0 Å². The van der Waals surface area contributed by atoms with E-state index in [1.807, 2.05) is 13.8 Å². The fraction of sp³-hybridized carbons (Fsp3) is 0.818. The van der Waals surface area contributed by atoms with Crippen LogP contribution >= 0.6 is 16.4 Å². The second-order valence-corrected chi connectivity index (χ2v) is 11.4. The Hall–Kier alpha value is -0.940. The number of aryl methyl sites for hydroxylation is 1. The van der Waals surface area contributed by atoms with Crippen LogP contribution in [0.4, 0.5) is 0 Å². The summed E-state index contributed by atoms with van der Waals surface area (Å²) in [5.41, 5.74) is -0.779. The van der Waals surface area contributed by atoms with Crippen molar-refractivity contribution >= 4 is 16.4 Å². The molecule has 14 heteroatoms. The molecule has 1 aromatic heterocycles. The summed E-state index contributed by atoms with van der Waals surface area (Å²) in [4.78, 5) is 47.3. The van der Waals surface area contributed by atoms with Crippen LogP contribution in [-0.2, 0) is 27.4 Å². The zero-order chi connectivity index (χ0) is 26.9. The monoisotopic (exact) mass is 554 g/mol. The van der Waals surface area contributed by atoms with Gasteiger partial charge in [0.25, 0.3) is 5.56 Å². The molecule has 0 radical (unpaired) electrons. The molecule has 1 aromatic rings. The van der Waals surface area contributed by atoms with Crippen molar-refractivity contribution in [1.82, 2.24) is 9.55 Å². The number of ether oxygens (including phenoxy) is 1. The number of H-pyrrole nitrogens is 1. The molecule has 7 atom stereocenters. The highest BCUT2D eigenvalue weighted by molar-refractivity contribution is 7.47. The van der Waals surface area contributed by atoms with Crippen molar-refractivity contribution in [3.63, 3.8) is 0 Å². The molecule has 4 unspecified atom stereocenters. The second-order valence-electron chi connectivity index (χ2n) is 9.01. The first kappa shape index (κ1) is 31.3. The van der Waals surface area contributed by atoms with Gasteiger partial charge in [-0.25, -0.2) is 9.36 Å². The highest BCUT2D eigenvalue weighted by Crippen LogP contribution is 2.49. The molecule has 0 aliphatic carbocycles. The lowest BCUT2D eigenvalue weighted by Gasteiger charge is -2.30. The van der Waals surface area contributed by atoms with Gasteiger partial charge in [-0.3, -0.25) is 23.4 Å². The Labute approximate surface area is 212 Å². The maximum absolute atomic E-state index is 12.8. The van der Waals surface area contributed by atoms with E-state index in [2.05, 4.69) is 4.98 Å². The first-order chi connectivity index (χ1) is 17.0. The Morgan fingerprint density at radius 3 is 2.50 bits per heavy atom. The number of rotatable bonds is 14. The van der Waals surface area contributed by atoms with E-state index in [9.17, 15) is 23.9 Å². The fourth-order valence-electron chi connectivity index (χ4n) is 3.97. The zero-order valence-corrected chi connectivity index (χ0v) is 23.4. The smallest absolute Gasteiger partial charge is 0.373 e. The van der Waals surface area contributed by atoms with Crippen LogP contribution in [0.1, 0.15) is 71.4 Å². The molecule has 0 bridgehead atoms. The van der Waals surface area contributed by atoms with Crippen LogP contribution in [0.3, 0.4) is 0 Å². The summed E-state index contributed by atoms with van der Waals surface area (Å²) < 4.78 is 41.9. The molecule has 2 heterocycles. The minimum atomic E-state index is -4.45. The Morgan fingerprint density at radius 2 is 1.83 bits per heavy atom.